The molecule has 0 radical (unpaired) electrons. The monoisotopic (exact) mass is 465 g/mol. The smallest absolute Gasteiger partial charge is 0.290 e. The molecule has 0 saturated heterocycles. The number of thioether (sulfide) groups is 1. The van der Waals surface area contributed by atoms with Crippen LogP contribution in [0.25, 0.3) is 5.57 Å². The topological polar surface area (TPSA) is 40.5 Å². The van der Waals surface area contributed by atoms with Crippen molar-refractivity contribution in [3.8, 4) is 0 Å². The highest BCUT2D eigenvalue weighted by Gasteiger charge is 2.40. The van der Waals surface area contributed by atoms with Crippen molar-refractivity contribution in [3.05, 3.63) is 106 Å². The molecule has 1 heterocycles. The lowest BCUT2D eigenvalue weighted by Gasteiger charge is -2.27. The molecule has 1 aliphatic rings. The Morgan fingerprint density at radius 3 is 2.38 bits per heavy atom. The van der Waals surface area contributed by atoms with Crippen LogP contribution in [0.3, 0.4) is 0 Å². The van der Waals surface area contributed by atoms with Gasteiger partial charge in [-0.05, 0) is 47.2 Å². The Bertz CT molecular complexity index is 1060. The third-order valence-electron chi connectivity index (χ3n) is 5.06. The number of carbonyl (C=O) groups excluding carboxylic acids is 1. The maximum absolute atomic E-state index is 13.1. The third kappa shape index (κ3) is 3.98. The Labute approximate surface area is 183 Å². The SMILES string of the molecule is CSc1ccc(CN2C(=O)C(O)=C(c3ccccc3)C2c2cccc(Br)c2)cc1. The number of amides is 1. The maximum Gasteiger partial charge on any atom is 0.290 e. The fourth-order valence-corrected chi connectivity index (χ4v) is 4.51. The molecular weight excluding hydrogens is 446 g/mol. The number of carbonyl (C=O) groups is 1. The summed E-state index contributed by atoms with van der Waals surface area (Å²) in [5.41, 5.74) is 3.48. The maximum atomic E-state index is 13.1. The molecule has 29 heavy (non-hydrogen) atoms. The van der Waals surface area contributed by atoms with Crippen molar-refractivity contribution in [3.63, 3.8) is 0 Å². The minimum absolute atomic E-state index is 0.179. The molecule has 1 N–H and O–H groups in total. The first-order valence-electron chi connectivity index (χ1n) is 9.26. The second-order valence-corrected chi connectivity index (χ2v) is 8.66. The molecule has 0 aromatic heterocycles. The minimum atomic E-state index is -0.359. The number of aliphatic hydroxyl groups excluding tert-OH is 1. The van der Waals surface area contributed by atoms with Gasteiger partial charge in [0.1, 0.15) is 0 Å². The quantitative estimate of drug-likeness (QED) is 0.454. The van der Waals surface area contributed by atoms with Crippen molar-refractivity contribution in [2.24, 2.45) is 0 Å². The number of hydrogen-bond acceptors (Lipinski definition) is 3. The third-order valence-corrected chi connectivity index (χ3v) is 6.30. The Hall–Kier alpha value is -2.50. The number of aliphatic hydroxyl groups is 1. The van der Waals surface area contributed by atoms with Crippen LogP contribution in [-0.4, -0.2) is 22.2 Å². The molecule has 1 unspecified atom stereocenters. The minimum Gasteiger partial charge on any atom is -0.503 e. The van der Waals surface area contributed by atoms with Crippen LogP contribution >= 0.6 is 27.7 Å². The first-order chi connectivity index (χ1) is 14.1. The van der Waals surface area contributed by atoms with Crippen LogP contribution in [0.4, 0.5) is 0 Å². The molecule has 0 bridgehead atoms. The molecule has 4 rings (SSSR count). The largest absolute Gasteiger partial charge is 0.503 e. The highest BCUT2D eigenvalue weighted by Crippen LogP contribution is 2.44. The summed E-state index contributed by atoms with van der Waals surface area (Å²) >= 11 is 5.22. The van der Waals surface area contributed by atoms with Gasteiger partial charge in [-0.25, -0.2) is 0 Å². The van der Waals surface area contributed by atoms with E-state index in [-0.39, 0.29) is 17.7 Å². The van der Waals surface area contributed by atoms with E-state index in [0.29, 0.717) is 12.1 Å². The lowest BCUT2D eigenvalue weighted by molar-refractivity contribution is -0.130. The van der Waals surface area contributed by atoms with E-state index in [9.17, 15) is 9.90 Å². The van der Waals surface area contributed by atoms with Gasteiger partial charge in [-0.15, -0.1) is 11.8 Å². The van der Waals surface area contributed by atoms with Gasteiger partial charge in [-0.2, -0.15) is 0 Å². The Morgan fingerprint density at radius 2 is 1.72 bits per heavy atom. The van der Waals surface area contributed by atoms with Crippen molar-refractivity contribution in [1.82, 2.24) is 4.90 Å². The number of hydrogen-bond donors (Lipinski definition) is 1. The van der Waals surface area contributed by atoms with Crippen LogP contribution < -0.4 is 0 Å². The lowest BCUT2D eigenvalue weighted by Crippen LogP contribution is -2.29. The summed E-state index contributed by atoms with van der Waals surface area (Å²) in [5, 5.41) is 10.8. The summed E-state index contributed by atoms with van der Waals surface area (Å²) in [6.07, 6.45) is 2.04. The molecule has 5 heteroatoms. The van der Waals surface area contributed by atoms with E-state index < -0.39 is 0 Å². The van der Waals surface area contributed by atoms with Gasteiger partial charge in [0, 0.05) is 21.5 Å². The van der Waals surface area contributed by atoms with Gasteiger partial charge in [0.2, 0.25) is 0 Å². The standard InChI is InChI=1S/C24H20BrNO2S/c1-29-20-12-10-16(11-13-20)15-26-22(18-8-5-9-19(25)14-18)21(23(27)24(26)28)17-6-3-2-4-7-17/h2-14,22,27H,15H2,1H3. The molecule has 0 saturated carbocycles. The van der Waals surface area contributed by atoms with Crippen molar-refractivity contribution < 1.29 is 9.90 Å². The summed E-state index contributed by atoms with van der Waals surface area (Å²) in [4.78, 5) is 16.0. The molecule has 3 nitrogen and oxygen atoms in total. The zero-order valence-electron chi connectivity index (χ0n) is 15.9. The lowest BCUT2D eigenvalue weighted by atomic mass is 9.93. The van der Waals surface area contributed by atoms with E-state index in [1.54, 1.807) is 16.7 Å². The van der Waals surface area contributed by atoms with Crippen LogP contribution in [0.2, 0.25) is 0 Å². The summed E-state index contributed by atoms with van der Waals surface area (Å²) in [5.74, 6) is -0.523. The molecular formula is C24H20BrNO2S. The zero-order valence-corrected chi connectivity index (χ0v) is 18.3. The molecule has 0 aliphatic carbocycles. The Morgan fingerprint density at radius 1 is 1.00 bits per heavy atom. The van der Waals surface area contributed by atoms with Crippen LogP contribution in [0, 0.1) is 0 Å². The predicted molar refractivity (Wildman–Crippen MR) is 122 cm³/mol. The number of nitrogens with zero attached hydrogens (tertiary/aromatic N) is 1. The normalized spacial score (nSPS) is 16.6. The molecule has 146 valence electrons. The molecule has 3 aromatic rings. The van der Waals surface area contributed by atoms with E-state index in [1.807, 2.05) is 73.0 Å². The molecule has 0 fully saturated rings. The first-order valence-corrected chi connectivity index (χ1v) is 11.3. The number of halogens is 1. The fraction of sp³-hybridized carbons (Fsp3) is 0.125. The highest BCUT2D eigenvalue weighted by molar-refractivity contribution is 9.10. The van der Waals surface area contributed by atoms with Crippen LogP contribution in [0.1, 0.15) is 22.7 Å². The van der Waals surface area contributed by atoms with Crippen LogP contribution in [-0.2, 0) is 11.3 Å². The second-order valence-electron chi connectivity index (χ2n) is 6.87. The van der Waals surface area contributed by atoms with Crippen LogP contribution in [0.5, 0.6) is 0 Å². The van der Waals surface area contributed by atoms with Crippen molar-refractivity contribution in [2.75, 3.05) is 6.26 Å². The zero-order chi connectivity index (χ0) is 20.4. The van der Waals surface area contributed by atoms with E-state index in [2.05, 4.69) is 28.1 Å². The fourth-order valence-electron chi connectivity index (χ4n) is 3.68. The van der Waals surface area contributed by atoms with E-state index in [0.717, 1.165) is 21.2 Å². The molecule has 0 spiro atoms. The van der Waals surface area contributed by atoms with Gasteiger partial charge >= 0.3 is 0 Å². The van der Waals surface area contributed by atoms with Crippen molar-refractivity contribution >= 4 is 39.2 Å². The Balaban J connectivity index is 1.78. The molecule has 1 aliphatic heterocycles. The van der Waals surface area contributed by atoms with Gasteiger partial charge in [-0.1, -0.05) is 70.5 Å². The van der Waals surface area contributed by atoms with Gasteiger partial charge in [-0.3, -0.25) is 4.79 Å². The summed E-state index contributed by atoms with van der Waals surface area (Å²) in [6, 6.07) is 25.4. The highest BCUT2D eigenvalue weighted by atomic mass is 79.9. The van der Waals surface area contributed by atoms with Crippen molar-refractivity contribution in [2.45, 2.75) is 17.5 Å². The predicted octanol–water partition coefficient (Wildman–Crippen LogP) is 6.22. The molecule has 3 aromatic carbocycles. The second kappa shape index (κ2) is 8.47. The van der Waals surface area contributed by atoms with E-state index in [1.165, 1.54) is 4.90 Å². The summed E-state index contributed by atoms with van der Waals surface area (Å²) in [7, 11) is 0. The summed E-state index contributed by atoms with van der Waals surface area (Å²) < 4.78 is 0.936. The van der Waals surface area contributed by atoms with E-state index >= 15 is 0 Å². The van der Waals surface area contributed by atoms with Gasteiger partial charge in [0.15, 0.2) is 5.76 Å². The average molecular weight is 466 g/mol. The molecule has 1 atom stereocenters. The molecule has 1 amide bonds. The number of rotatable bonds is 5. The van der Waals surface area contributed by atoms with Crippen molar-refractivity contribution in [1.29, 1.82) is 0 Å². The van der Waals surface area contributed by atoms with Crippen LogP contribution in [0.15, 0.2) is 94.0 Å². The summed E-state index contributed by atoms with van der Waals surface area (Å²) in [6.45, 7) is 0.422. The van der Waals surface area contributed by atoms with Gasteiger partial charge in [0.05, 0.1) is 6.04 Å². The van der Waals surface area contributed by atoms with Gasteiger partial charge < -0.3 is 10.0 Å². The Kier molecular flexibility index (Phi) is 5.79. The number of benzene rings is 3. The first kappa shape index (κ1) is 19.8. The van der Waals surface area contributed by atoms with Gasteiger partial charge in [0.25, 0.3) is 5.91 Å². The van der Waals surface area contributed by atoms with E-state index in [4.69, 9.17) is 0 Å². The average Bonchev–Trinajstić information content (AvgIpc) is 3.00.